The Balaban J connectivity index is 0.792. The Kier molecular flexibility index (Phi) is 13.6. The van der Waals surface area contributed by atoms with Crippen LogP contribution in [0, 0.1) is 17.2 Å². The molecule has 4 aliphatic heterocycles. The van der Waals surface area contributed by atoms with E-state index in [-0.39, 0.29) is 72.1 Å². The molecule has 2 atom stereocenters. The number of halogens is 1. The number of aromatic amines is 1. The minimum absolute atomic E-state index is 0.0173. The molecule has 0 bridgehead atoms. The lowest BCUT2D eigenvalue weighted by Gasteiger charge is -2.44. The van der Waals surface area contributed by atoms with Gasteiger partial charge in [-0.1, -0.05) is 68.4 Å². The third kappa shape index (κ3) is 9.44. The van der Waals surface area contributed by atoms with Crippen LogP contribution in [0.4, 0.5) is 11.5 Å². The van der Waals surface area contributed by atoms with Crippen molar-refractivity contribution in [3.8, 4) is 40.7 Å². The van der Waals surface area contributed by atoms with E-state index in [0.29, 0.717) is 74.1 Å². The molecule has 72 heavy (non-hydrogen) atoms. The van der Waals surface area contributed by atoms with Crippen LogP contribution in [-0.4, -0.2) is 126 Å². The number of piperidine rings is 1. The Labute approximate surface area is 422 Å². The van der Waals surface area contributed by atoms with Crippen molar-refractivity contribution in [2.24, 2.45) is 5.92 Å². The summed E-state index contributed by atoms with van der Waals surface area (Å²) in [5, 5.41) is 40.3. The molecule has 3 saturated heterocycles. The summed E-state index contributed by atoms with van der Waals surface area (Å²) in [6.07, 6.45) is 4.42. The molecule has 0 unspecified atom stereocenters. The Bertz CT molecular complexity index is 3140. The van der Waals surface area contributed by atoms with Gasteiger partial charge in [-0.15, -0.1) is 0 Å². The van der Waals surface area contributed by atoms with Crippen LogP contribution in [0.2, 0.25) is 5.02 Å². The highest BCUT2D eigenvalue weighted by Crippen LogP contribution is 2.39. The van der Waals surface area contributed by atoms with Crippen LogP contribution >= 0.6 is 11.6 Å². The number of likely N-dealkylation sites (tertiary alicyclic amines) is 2. The van der Waals surface area contributed by atoms with Gasteiger partial charge in [-0.2, -0.15) is 20.3 Å². The fourth-order valence-corrected chi connectivity index (χ4v) is 11.1. The van der Waals surface area contributed by atoms with Crippen molar-refractivity contribution in [3.63, 3.8) is 0 Å². The molecular weight excluding hydrogens is 934 g/mol. The number of piperazine rings is 1. The third-order valence-electron chi connectivity index (χ3n) is 14.8. The van der Waals surface area contributed by atoms with Gasteiger partial charge in [0.25, 0.3) is 0 Å². The summed E-state index contributed by atoms with van der Waals surface area (Å²) < 4.78 is 7.87. The first-order chi connectivity index (χ1) is 34.9. The smallest absolute Gasteiger partial charge is 0.348 e. The van der Waals surface area contributed by atoms with Crippen LogP contribution in [-0.2, 0) is 29.1 Å². The second-order valence-corrected chi connectivity index (χ2v) is 19.9. The number of phenols is 2. The zero-order chi connectivity index (χ0) is 50.2. The van der Waals surface area contributed by atoms with E-state index in [1.165, 1.54) is 16.7 Å². The largest absolute Gasteiger partial charge is 0.508 e. The highest BCUT2D eigenvalue weighted by Gasteiger charge is 2.39. The molecule has 0 spiro atoms. The first-order valence-corrected chi connectivity index (χ1v) is 25.1. The van der Waals surface area contributed by atoms with Crippen LogP contribution in [0.15, 0.2) is 90.2 Å². The van der Waals surface area contributed by atoms with Crippen molar-refractivity contribution in [2.45, 2.75) is 77.0 Å². The average Bonchev–Trinajstić information content (AvgIpc) is 3.76. The summed E-state index contributed by atoms with van der Waals surface area (Å²) in [6, 6.07) is 24.8. The SMILES string of the molecule is C=CC(=O)N1CCN(c2nc(OC[C@@H]3CCN3C(=O)C3CCN(Cc4ccc(-n5c(-c6cc(C(C)C)c(O)cc6O)n[nH]c5=O)cc4)CC3)nc3c2CCN(c2cccc4cccc(Cl)c24)C3)C[C@@H]1CC#N. The Hall–Kier alpha value is -7.42. The minimum Gasteiger partial charge on any atom is -0.508 e. The van der Waals surface area contributed by atoms with E-state index in [1.54, 1.807) is 11.0 Å². The lowest BCUT2D eigenvalue weighted by Crippen LogP contribution is -2.56. The summed E-state index contributed by atoms with van der Waals surface area (Å²) in [6.45, 7) is 13.3. The van der Waals surface area contributed by atoms with E-state index in [0.717, 1.165) is 71.5 Å². The topological polar surface area (TPSA) is 200 Å². The number of anilines is 2. The van der Waals surface area contributed by atoms with Gasteiger partial charge in [-0.05, 0) is 97.6 Å². The van der Waals surface area contributed by atoms with Crippen molar-refractivity contribution in [2.75, 3.05) is 62.2 Å². The van der Waals surface area contributed by atoms with Crippen molar-refractivity contribution in [1.29, 1.82) is 5.26 Å². The molecule has 0 aliphatic carbocycles. The van der Waals surface area contributed by atoms with Gasteiger partial charge >= 0.3 is 11.7 Å². The lowest BCUT2D eigenvalue weighted by molar-refractivity contribution is -0.146. The number of ether oxygens (including phenoxy) is 1. The summed E-state index contributed by atoms with van der Waals surface area (Å²) in [7, 11) is 0. The number of aromatic hydroxyl groups is 2. The van der Waals surface area contributed by atoms with E-state index in [9.17, 15) is 29.9 Å². The number of hydrogen-bond acceptors (Lipinski definition) is 13. The first-order valence-electron chi connectivity index (χ1n) is 24.7. The number of fused-ring (bicyclic) bond motifs is 2. The monoisotopic (exact) mass is 991 g/mol. The van der Waals surface area contributed by atoms with Gasteiger partial charge in [0.15, 0.2) is 5.82 Å². The molecule has 0 saturated carbocycles. The fraction of sp³-hybridized carbons (Fsp3) is 0.389. The highest BCUT2D eigenvalue weighted by atomic mass is 35.5. The Morgan fingerprint density at radius 2 is 1.71 bits per heavy atom. The predicted octanol–water partition coefficient (Wildman–Crippen LogP) is 6.93. The molecule has 10 rings (SSSR count). The maximum atomic E-state index is 14.1. The molecule has 3 fully saturated rings. The van der Waals surface area contributed by atoms with Crippen molar-refractivity contribution in [1.82, 2.24) is 39.4 Å². The van der Waals surface area contributed by atoms with Gasteiger partial charge < -0.3 is 34.5 Å². The summed E-state index contributed by atoms with van der Waals surface area (Å²) in [5.41, 5.74) is 5.03. The summed E-state index contributed by atoms with van der Waals surface area (Å²) in [5.74, 6) is 0.621. The number of nitriles is 1. The number of aromatic nitrogens is 5. The van der Waals surface area contributed by atoms with E-state index in [1.807, 2.05) is 61.2 Å². The van der Waals surface area contributed by atoms with Crippen molar-refractivity contribution >= 4 is 45.7 Å². The fourth-order valence-electron chi connectivity index (χ4n) is 10.8. The van der Waals surface area contributed by atoms with Crippen LogP contribution in [0.25, 0.3) is 27.8 Å². The second-order valence-electron chi connectivity index (χ2n) is 19.5. The molecule has 18 heteroatoms. The molecule has 4 aromatic carbocycles. The standard InChI is InChI=1S/C54H58ClN11O6/c1-4-48(69)64-26-25-63(30-38(64)15-20-56)50-40-19-23-62(45-10-6-8-35-7-5-9-43(55)49(35)45)31-44(40)57-53(58-50)72-32-39-18-24-65(39)52(70)36-16-21-61(22-17-36)29-34-11-13-37(14-12-34)66-51(59-60-54(66)71)42-27-41(33(2)3)46(67)28-47(42)68/h4-14,27-28,33,36,38-39,67-68H,1,15-19,21-26,29-32H2,2-3H3,(H,60,71)/t38-,39-/m0/s1. The molecule has 2 amide bonds. The number of hydrogen-bond donors (Lipinski definition) is 3. The highest BCUT2D eigenvalue weighted by molar-refractivity contribution is 6.36. The number of amides is 2. The van der Waals surface area contributed by atoms with E-state index in [4.69, 9.17) is 26.3 Å². The number of H-pyrrole nitrogens is 1. The number of rotatable bonds is 13. The van der Waals surface area contributed by atoms with Gasteiger partial charge in [0.2, 0.25) is 11.8 Å². The van der Waals surface area contributed by atoms with Crippen LogP contribution in [0.5, 0.6) is 17.5 Å². The lowest BCUT2D eigenvalue weighted by atomic mass is 9.92. The molecule has 0 radical (unpaired) electrons. The Morgan fingerprint density at radius 3 is 2.43 bits per heavy atom. The number of nitrogens with one attached hydrogen (secondary N) is 1. The molecule has 4 aliphatic rings. The first kappa shape index (κ1) is 48.2. The van der Waals surface area contributed by atoms with Crippen LogP contribution < -0.4 is 20.2 Å². The third-order valence-corrected chi connectivity index (χ3v) is 15.1. The summed E-state index contributed by atoms with van der Waals surface area (Å²) >= 11 is 6.80. The molecule has 6 heterocycles. The maximum Gasteiger partial charge on any atom is 0.348 e. The zero-order valence-electron chi connectivity index (χ0n) is 40.5. The van der Waals surface area contributed by atoms with Crippen molar-refractivity contribution < 1.29 is 24.5 Å². The van der Waals surface area contributed by atoms with Gasteiger partial charge in [0, 0.05) is 67.9 Å². The van der Waals surface area contributed by atoms with E-state index in [2.05, 4.69) is 55.7 Å². The average molecular weight is 993 g/mol. The molecule has 3 N–H and O–H groups in total. The second kappa shape index (κ2) is 20.4. The van der Waals surface area contributed by atoms with Gasteiger partial charge in [-0.25, -0.2) is 14.5 Å². The summed E-state index contributed by atoms with van der Waals surface area (Å²) in [4.78, 5) is 60.4. The minimum atomic E-state index is -0.451. The van der Waals surface area contributed by atoms with Crippen LogP contribution in [0.1, 0.15) is 67.8 Å². The molecule has 17 nitrogen and oxygen atoms in total. The van der Waals surface area contributed by atoms with Gasteiger partial charge in [-0.3, -0.25) is 14.5 Å². The Morgan fingerprint density at radius 1 is 0.931 bits per heavy atom. The van der Waals surface area contributed by atoms with E-state index < -0.39 is 5.69 Å². The van der Waals surface area contributed by atoms with Crippen molar-refractivity contribution in [3.05, 3.63) is 123 Å². The van der Waals surface area contributed by atoms with E-state index >= 15 is 0 Å². The zero-order valence-corrected chi connectivity index (χ0v) is 41.3. The molecular formula is C54H58ClN11O6. The predicted molar refractivity (Wildman–Crippen MR) is 275 cm³/mol. The molecule has 372 valence electrons. The van der Waals surface area contributed by atoms with Gasteiger partial charge in [0.1, 0.15) is 23.9 Å². The number of phenolic OH excluding ortho intramolecular Hbond substituents is 2. The normalized spacial score (nSPS) is 18.5. The van der Waals surface area contributed by atoms with Gasteiger partial charge in [0.05, 0.1) is 53.1 Å². The molecule has 2 aromatic heterocycles. The molecule has 6 aromatic rings. The number of benzene rings is 4. The maximum absolute atomic E-state index is 14.1. The van der Waals surface area contributed by atoms with Crippen LogP contribution in [0.3, 0.4) is 0 Å². The number of carbonyl (C=O) groups excluding carboxylic acids is 2. The quantitative estimate of drug-likeness (QED) is 0.101. The number of carbonyl (C=O) groups is 2. The number of nitrogens with zero attached hydrogens (tertiary/aromatic N) is 10.